The third-order valence-corrected chi connectivity index (χ3v) is 3.59. The van der Waals surface area contributed by atoms with E-state index in [1.165, 1.54) is 0 Å². The maximum absolute atomic E-state index is 11.9. The van der Waals surface area contributed by atoms with Gasteiger partial charge in [-0.3, -0.25) is 4.79 Å². The van der Waals surface area contributed by atoms with Crippen LogP contribution >= 0.6 is 0 Å². The van der Waals surface area contributed by atoms with E-state index in [4.69, 9.17) is 4.74 Å². The molecule has 0 heterocycles. The summed E-state index contributed by atoms with van der Waals surface area (Å²) in [6.07, 6.45) is 0.801. The van der Waals surface area contributed by atoms with Crippen molar-refractivity contribution in [3.8, 4) is 0 Å². The molecule has 0 aliphatic carbocycles. The van der Waals surface area contributed by atoms with Gasteiger partial charge in [0.2, 0.25) is 0 Å². The summed E-state index contributed by atoms with van der Waals surface area (Å²) in [6.45, 7) is 6.62. The van der Waals surface area contributed by atoms with Crippen LogP contribution in [0.5, 0.6) is 0 Å². The Morgan fingerprint density at radius 3 is 2.60 bits per heavy atom. The van der Waals surface area contributed by atoms with Gasteiger partial charge < -0.3 is 15.2 Å². The molecule has 0 saturated heterocycles. The zero-order valence-electron chi connectivity index (χ0n) is 12.6. The van der Waals surface area contributed by atoms with Crippen molar-refractivity contribution < 1.29 is 14.6 Å². The third-order valence-electron chi connectivity index (χ3n) is 3.59. The predicted octanol–water partition coefficient (Wildman–Crippen LogP) is 2.12. The van der Waals surface area contributed by atoms with Crippen LogP contribution < -0.4 is 5.32 Å². The van der Waals surface area contributed by atoms with E-state index in [9.17, 15) is 9.90 Å². The van der Waals surface area contributed by atoms with Crippen molar-refractivity contribution in [1.29, 1.82) is 0 Å². The third kappa shape index (κ3) is 5.31. The first-order valence-corrected chi connectivity index (χ1v) is 7.07. The minimum Gasteiger partial charge on any atom is -0.461 e. The van der Waals surface area contributed by atoms with Gasteiger partial charge in [-0.05, 0) is 18.9 Å². The van der Waals surface area contributed by atoms with Crippen molar-refractivity contribution >= 4 is 5.97 Å². The lowest BCUT2D eigenvalue weighted by Crippen LogP contribution is -2.47. The highest BCUT2D eigenvalue weighted by molar-refractivity contribution is 5.72. The molecule has 1 rings (SSSR count). The minimum atomic E-state index is -0.339. The number of aliphatic hydroxyl groups is 1. The molecule has 1 aromatic rings. The first-order valence-electron chi connectivity index (χ1n) is 7.07. The number of rotatable bonds is 8. The first kappa shape index (κ1) is 16.7. The normalized spacial score (nSPS) is 15.4. The van der Waals surface area contributed by atoms with Crippen molar-refractivity contribution in [1.82, 2.24) is 5.32 Å². The quantitative estimate of drug-likeness (QED) is 0.716. The second kappa shape index (κ2) is 8.02. The van der Waals surface area contributed by atoms with Crippen LogP contribution in [0.3, 0.4) is 0 Å². The smallest absolute Gasteiger partial charge is 0.310 e. The van der Waals surface area contributed by atoms with E-state index in [1.54, 1.807) is 0 Å². The van der Waals surface area contributed by atoms with Gasteiger partial charge in [0.15, 0.2) is 0 Å². The van der Waals surface area contributed by atoms with E-state index in [2.05, 4.69) is 5.32 Å². The van der Waals surface area contributed by atoms with Crippen molar-refractivity contribution in [3.05, 3.63) is 35.9 Å². The summed E-state index contributed by atoms with van der Waals surface area (Å²) in [6, 6.07) is 9.62. The summed E-state index contributed by atoms with van der Waals surface area (Å²) in [5.74, 6) is -0.464. The number of esters is 1. The van der Waals surface area contributed by atoms with Gasteiger partial charge in [0.1, 0.15) is 6.61 Å². The van der Waals surface area contributed by atoms with Crippen LogP contribution in [-0.4, -0.2) is 29.8 Å². The molecule has 0 amide bonds. The Morgan fingerprint density at radius 2 is 2.05 bits per heavy atom. The van der Waals surface area contributed by atoms with Gasteiger partial charge >= 0.3 is 5.97 Å². The fraction of sp³-hybridized carbons (Fsp3) is 0.562. The molecule has 0 aromatic heterocycles. The number of benzene rings is 1. The Bertz CT molecular complexity index is 401. The van der Waals surface area contributed by atoms with Crippen molar-refractivity contribution in [2.75, 3.05) is 13.2 Å². The molecule has 0 saturated carbocycles. The molecule has 20 heavy (non-hydrogen) atoms. The van der Waals surface area contributed by atoms with E-state index >= 15 is 0 Å². The van der Waals surface area contributed by atoms with Gasteiger partial charge in [-0.2, -0.15) is 0 Å². The van der Waals surface area contributed by atoms with E-state index in [1.807, 2.05) is 51.1 Å². The highest BCUT2D eigenvalue weighted by atomic mass is 16.5. The van der Waals surface area contributed by atoms with Gasteiger partial charge in [-0.25, -0.2) is 0 Å². The number of carbonyl (C=O) groups excluding carboxylic acids is 1. The van der Waals surface area contributed by atoms with Gasteiger partial charge in [0.05, 0.1) is 12.5 Å². The molecule has 112 valence electrons. The lowest BCUT2D eigenvalue weighted by atomic mass is 9.99. The standard InChI is InChI=1S/C16H25NO3/c1-4-16(3,12-18)17-10-13(2)15(19)20-11-14-8-6-5-7-9-14/h5-9,13,17-18H,4,10-12H2,1-3H3. The lowest BCUT2D eigenvalue weighted by molar-refractivity contribution is -0.149. The zero-order valence-corrected chi connectivity index (χ0v) is 12.6. The Morgan fingerprint density at radius 1 is 1.40 bits per heavy atom. The average Bonchev–Trinajstić information content (AvgIpc) is 2.50. The highest BCUT2D eigenvalue weighted by Gasteiger charge is 2.23. The fourth-order valence-electron chi connectivity index (χ4n) is 1.65. The molecule has 0 radical (unpaired) electrons. The second-order valence-electron chi connectivity index (χ2n) is 5.45. The summed E-state index contributed by atoms with van der Waals surface area (Å²) in [5.41, 5.74) is 0.642. The maximum atomic E-state index is 11.9. The van der Waals surface area contributed by atoms with E-state index < -0.39 is 0 Å². The molecule has 0 aliphatic heterocycles. The summed E-state index contributed by atoms with van der Waals surface area (Å²) in [4.78, 5) is 11.9. The number of ether oxygens (including phenoxy) is 1. The first-order chi connectivity index (χ1) is 9.50. The maximum Gasteiger partial charge on any atom is 0.310 e. The number of carbonyl (C=O) groups is 1. The van der Waals surface area contributed by atoms with Crippen molar-refractivity contribution in [2.24, 2.45) is 5.92 Å². The second-order valence-corrected chi connectivity index (χ2v) is 5.45. The Hall–Kier alpha value is -1.39. The monoisotopic (exact) mass is 279 g/mol. The Balaban J connectivity index is 2.36. The van der Waals surface area contributed by atoms with Crippen LogP contribution in [0.1, 0.15) is 32.8 Å². The van der Waals surface area contributed by atoms with Gasteiger partial charge in [-0.1, -0.05) is 44.2 Å². The molecular weight excluding hydrogens is 254 g/mol. The molecule has 1 aromatic carbocycles. The number of aliphatic hydroxyl groups excluding tert-OH is 1. The summed E-state index contributed by atoms with van der Waals surface area (Å²) >= 11 is 0. The molecule has 2 atom stereocenters. The van der Waals surface area contributed by atoms with Crippen LogP contribution in [0.15, 0.2) is 30.3 Å². The largest absolute Gasteiger partial charge is 0.461 e. The fourth-order valence-corrected chi connectivity index (χ4v) is 1.65. The van der Waals surface area contributed by atoms with Crippen LogP contribution in [0.4, 0.5) is 0 Å². The minimum absolute atomic E-state index is 0.0509. The molecule has 0 spiro atoms. The number of hydrogen-bond donors (Lipinski definition) is 2. The van der Waals surface area contributed by atoms with E-state index in [0.29, 0.717) is 13.2 Å². The summed E-state index contributed by atoms with van der Waals surface area (Å²) < 4.78 is 5.28. The average molecular weight is 279 g/mol. The molecule has 0 bridgehead atoms. The van der Waals surface area contributed by atoms with Crippen LogP contribution in [-0.2, 0) is 16.1 Å². The van der Waals surface area contributed by atoms with Crippen LogP contribution in [0.2, 0.25) is 0 Å². The van der Waals surface area contributed by atoms with E-state index in [-0.39, 0.29) is 24.0 Å². The molecule has 4 nitrogen and oxygen atoms in total. The topological polar surface area (TPSA) is 58.6 Å². The molecule has 4 heteroatoms. The molecular formula is C16H25NO3. The van der Waals surface area contributed by atoms with Gasteiger partial charge in [-0.15, -0.1) is 0 Å². The SMILES string of the molecule is CCC(C)(CO)NCC(C)C(=O)OCc1ccccc1. The van der Waals surface area contributed by atoms with E-state index in [0.717, 1.165) is 12.0 Å². The number of hydrogen-bond acceptors (Lipinski definition) is 4. The predicted molar refractivity (Wildman–Crippen MR) is 79.2 cm³/mol. The Labute approximate surface area is 121 Å². The summed E-state index contributed by atoms with van der Waals surface area (Å²) in [5, 5.41) is 12.5. The lowest BCUT2D eigenvalue weighted by Gasteiger charge is -2.28. The Kier molecular flexibility index (Phi) is 6.68. The molecule has 0 fully saturated rings. The highest BCUT2D eigenvalue weighted by Crippen LogP contribution is 2.10. The van der Waals surface area contributed by atoms with Gasteiger partial charge in [0.25, 0.3) is 0 Å². The zero-order chi connectivity index (χ0) is 15.0. The molecule has 0 aliphatic rings. The van der Waals surface area contributed by atoms with Crippen molar-refractivity contribution in [2.45, 2.75) is 39.3 Å². The van der Waals surface area contributed by atoms with Crippen LogP contribution in [0, 0.1) is 5.92 Å². The molecule has 2 unspecified atom stereocenters. The molecule has 2 N–H and O–H groups in total. The van der Waals surface area contributed by atoms with Crippen molar-refractivity contribution in [3.63, 3.8) is 0 Å². The van der Waals surface area contributed by atoms with Gasteiger partial charge in [0, 0.05) is 12.1 Å². The number of nitrogens with one attached hydrogen (secondary N) is 1. The summed E-state index contributed by atoms with van der Waals surface area (Å²) in [7, 11) is 0. The van der Waals surface area contributed by atoms with Crippen LogP contribution in [0.25, 0.3) is 0 Å².